The summed E-state index contributed by atoms with van der Waals surface area (Å²) < 4.78 is 5.05. The van der Waals surface area contributed by atoms with Crippen LogP contribution in [-0.4, -0.2) is 76.1 Å². The maximum absolute atomic E-state index is 12.2. The first-order valence-corrected chi connectivity index (χ1v) is 11.0. The van der Waals surface area contributed by atoms with Crippen molar-refractivity contribution >= 4 is 5.97 Å². The molecule has 0 aliphatic carbocycles. The van der Waals surface area contributed by atoms with Gasteiger partial charge in [0.05, 0.1) is 6.10 Å². The van der Waals surface area contributed by atoms with E-state index < -0.39 is 37.0 Å². The Hall–Kier alpha value is -1.71. The number of nitrogens with one attached hydrogen (secondary N) is 1. The number of esters is 1. The van der Waals surface area contributed by atoms with Gasteiger partial charge >= 0.3 is 5.97 Å². The molecule has 0 heterocycles. The average molecular weight is 456 g/mol. The summed E-state index contributed by atoms with van der Waals surface area (Å²) in [6.45, 7) is 11.6. The highest BCUT2D eigenvalue weighted by Gasteiger charge is 2.31. The number of aliphatic hydroxyl groups excluding tert-OH is 4. The Labute approximate surface area is 191 Å². The van der Waals surface area contributed by atoms with Crippen molar-refractivity contribution in [2.75, 3.05) is 20.2 Å². The molecule has 0 amide bonds. The molecule has 0 saturated carbocycles. The summed E-state index contributed by atoms with van der Waals surface area (Å²) in [5.74, 6) is -0.295. The molecular formula is C24H41NO7. The van der Waals surface area contributed by atoms with Crippen molar-refractivity contribution in [2.45, 2.75) is 89.6 Å². The number of hydrogen-bond acceptors (Lipinski definition) is 8. The van der Waals surface area contributed by atoms with Gasteiger partial charge in [-0.05, 0) is 41.0 Å². The highest BCUT2D eigenvalue weighted by atomic mass is 16.5. The molecule has 6 N–H and O–H groups in total. The number of hydrogen-bond donors (Lipinski definition) is 6. The van der Waals surface area contributed by atoms with Gasteiger partial charge in [-0.2, -0.15) is 0 Å². The fraction of sp³-hybridized carbons (Fsp3) is 0.708. The molecular weight excluding hydrogens is 414 g/mol. The van der Waals surface area contributed by atoms with Gasteiger partial charge in [-0.1, -0.05) is 53.7 Å². The second kappa shape index (κ2) is 11.4. The number of phenolic OH excluding ortho intramolecular Hbond substituents is 1. The van der Waals surface area contributed by atoms with Crippen molar-refractivity contribution < 1.29 is 35.1 Å². The predicted octanol–water partition coefficient (Wildman–Crippen LogP) is 1.13. The Morgan fingerprint density at radius 1 is 0.938 bits per heavy atom. The van der Waals surface area contributed by atoms with Crippen molar-refractivity contribution in [2.24, 2.45) is 0 Å². The smallest absolute Gasteiger partial charge is 0.306 e. The highest BCUT2D eigenvalue weighted by molar-refractivity contribution is 5.69. The summed E-state index contributed by atoms with van der Waals surface area (Å²) >= 11 is 0. The van der Waals surface area contributed by atoms with E-state index >= 15 is 0 Å². The molecule has 0 saturated heterocycles. The number of carbonyl (C=O) groups is 1. The van der Waals surface area contributed by atoms with Crippen molar-refractivity contribution in [1.29, 1.82) is 0 Å². The summed E-state index contributed by atoms with van der Waals surface area (Å²) in [6, 6.07) is 3.80. The minimum absolute atomic E-state index is 0.0322. The maximum atomic E-state index is 12.2. The lowest BCUT2D eigenvalue weighted by molar-refractivity contribution is -0.154. The molecule has 0 aliphatic rings. The third-order valence-electron chi connectivity index (χ3n) is 5.37. The minimum atomic E-state index is -1.66. The standard InChI is InChI=1S/C24H41NO7/c1-23(2,3)15-10-14(11-16(20(15)29)24(4,5)6)8-9-19(28)32-13-18(27)22(31)21(30)17(26)12-25-7/h10-11,17-18,21-22,25-27,29-31H,8-9,12-13H2,1-7H3/t17-,18+,21-,22-/m1/s1. The summed E-state index contributed by atoms with van der Waals surface area (Å²) in [5.41, 5.74) is 1.95. The Morgan fingerprint density at radius 3 is 1.84 bits per heavy atom. The quantitative estimate of drug-likeness (QED) is 0.289. The molecule has 0 aliphatic heterocycles. The van der Waals surface area contributed by atoms with Crippen LogP contribution in [-0.2, 0) is 26.8 Å². The molecule has 184 valence electrons. The van der Waals surface area contributed by atoms with Crippen LogP contribution < -0.4 is 5.32 Å². The zero-order valence-electron chi connectivity index (χ0n) is 20.3. The first-order valence-electron chi connectivity index (χ1n) is 11.0. The van der Waals surface area contributed by atoms with Gasteiger partial charge in [0, 0.05) is 13.0 Å². The molecule has 0 spiro atoms. The lowest BCUT2D eigenvalue weighted by atomic mass is 9.78. The van der Waals surface area contributed by atoms with Crippen LogP contribution >= 0.6 is 0 Å². The first kappa shape index (κ1) is 28.3. The van der Waals surface area contributed by atoms with E-state index in [-0.39, 0.29) is 29.5 Å². The largest absolute Gasteiger partial charge is 0.507 e. The Morgan fingerprint density at radius 2 is 1.41 bits per heavy atom. The molecule has 8 nitrogen and oxygen atoms in total. The van der Waals surface area contributed by atoms with Gasteiger partial charge in [0.1, 0.15) is 30.7 Å². The number of aliphatic hydroxyl groups is 4. The normalized spacial score (nSPS) is 16.3. The lowest BCUT2D eigenvalue weighted by Gasteiger charge is -2.28. The number of aromatic hydroxyl groups is 1. The summed E-state index contributed by atoms with van der Waals surface area (Å²) in [7, 11) is 1.57. The summed E-state index contributed by atoms with van der Waals surface area (Å²) in [4.78, 5) is 12.2. The van der Waals surface area contributed by atoms with Gasteiger partial charge in [-0.3, -0.25) is 4.79 Å². The van der Waals surface area contributed by atoms with Gasteiger partial charge < -0.3 is 35.6 Å². The number of benzene rings is 1. The van der Waals surface area contributed by atoms with Crippen LogP contribution in [0.3, 0.4) is 0 Å². The van der Waals surface area contributed by atoms with Crippen LogP contribution in [0.4, 0.5) is 0 Å². The maximum Gasteiger partial charge on any atom is 0.306 e. The average Bonchev–Trinajstić information content (AvgIpc) is 2.68. The highest BCUT2D eigenvalue weighted by Crippen LogP contribution is 2.40. The Bertz CT molecular complexity index is 717. The van der Waals surface area contributed by atoms with E-state index in [2.05, 4.69) is 5.32 Å². The second-order valence-corrected chi connectivity index (χ2v) is 10.4. The van der Waals surface area contributed by atoms with E-state index in [0.717, 1.165) is 16.7 Å². The van der Waals surface area contributed by atoms with Gasteiger partial charge in [0.25, 0.3) is 0 Å². The molecule has 0 radical (unpaired) electrons. The number of rotatable bonds is 10. The lowest BCUT2D eigenvalue weighted by Crippen LogP contribution is -2.49. The van der Waals surface area contributed by atoms with Crippen LogP contribution in [0.15, 0.2) is 12.1 Å². The second-order valence-electron chi connectivity index (χ2n) is 10.4. The third-order valence-corrected chi connectivity index (χ3v) is 5.37. The van der Waals surface area contributed by atoms with Gasteiger partial charge in [-0.25, -0.2) is 0 Å². The number of ether oxygens (including phenoxy) is 1. The molecule has 0 aromatic heterocycles. The first-order chi connectivity index (χ1) is 14.6. The minimum Gasteiger partial charge on any atom is -0.507 e. The van der Waals surface area contributed by atoms with Gasteiger partial charge in [0.15, 0.2) is 0 Å². The van der Waals surface area contributed by atoms with Crippen LogP contribution in [0.5, 0.6) is 5.75 Å². The van der Waals surface area contributed by atoms with Crippen molar-refractivity contribution in [3.8, 4) is 5.75 Å². The van der Waals surface area contributed by atoms with E-state index in [4.69, 9.17) is 4.74 Å². The molecule has 0 fully saturated rings. The fourth-order valence-corrected chi connectivity index (χ4v) is 3.36. The van der Waals surface area contributed by atoms with Crippen LogP contribution in [0.25, 0.3) is 0 Å². The monoisotopic (exact) mass is 455 g/mol. The Kier molecular flexibility index (Phi) is 10.1. The molecule has 4 atom stereocenters. The molecule has 1 rings (SSSR count). The molecule has 0 bridgehead atoms. The van der Waals surface area contributed by atoms with Crippen LogP contribution in [0.1, 0.15) is 64.7 Å². The van der Waals surface area contributed by atoms with Gasteiger partial charge in [-0.15, -0.1) is 0 Å². The Balaban J connectivity index is 2.79. The zero-order chi connectivity index (χ0) is 24.9. The summed E-state index contributed by atoms with van der Waals surface area (Å²) in [6.07, 6.45) is -5.62. The SMILES string of the molecule is CNC[C@@H](O)[C@@H](O)[C@H](O)[C@@H](O)COC(=O)CCc1cc(C(C)(C)C)c(O)c(C(C)(C)C)c1. The van der Waals surface area contributed by atoms with E-state index in [1.54, 1.807) is 7.05 Å². The van der Waals surface area contributed by atoms with E-state index in [0.29, 0.717) is 6.42 Å². The number of carbonyl (C=O) groups excluding carboxylic acids is 1. The summed E-state index contributed by atoms with van der Waals surface area (Å²) in [5, 5.41) is 52.9. The number of likely N-dealkylation sites (N-methyl/N-ethyl adjacent to an activating group) is 1. The molecule has 32 heavy (non-hydrogen) atoms. The number of phenols is 1. The fourth-order valence-electron chi connectivity index (χ4n) is 3.36. The number of aryl methyl sites for hydroxylation is 1. The van der Waals surface area contributed by atoms with Crippen molar-refractivity contribution in [1.82, 2.24) is 5.32 Å². The predicted molar refractivity (Wildman–Crippen MR) is 123 cm³/mol. The van der Waals surface area contributed by atoms with E-state index in [1.807, 2.05) is 53.7 Å². The van der Waals surface area contributed by atoms with Crippen molar-refractivity contribution in [3.63, 3.8) is 0 Å². The van der Waals surface area contributed by atoms with E-state index in [9.17, 15) is 30.3 Å². The van der Waals surface area contributed by atoms with Gasteiger partial charge in [0.2, 0.25) is 0 Å². The topological polar surface area (TPSA) is 139 Å². The van der Waals surface area contributed by atoms with Crippen LogP contribution in [0, 0.1) is 0 Å². The zero-order valence-corrected chi connectivity index (χ0v) is 20.3. The molecule has 8 heteroatoms. The molecule has 1 aromatic carbocycles. The third kappa shape index (κ3) is 8.01. The molecule has 0 unspecified atom stereocenters. The van der Waals surface area contributed by atoms with E-state index in [1.165, 1.54) is 0 Å². The van der Waals surface area contributed by atoms with Crippen molar-refractivity contribution in [3.05, 3.63) is 28.8 Å². The molecule has 1 aromatic rings. The van der Waals surface area contributed by atoms with Crippen LogP contribution in [0.2, 0.25) is 0 Å².